The van der Waals surface area contributed by atoms with Crippen molar-refractivity contribution in [1.29, 1.82) is 0 Å². The van der Waals surface area contributed by atoms with Gasteiger partial charge in [-0.25, -0.2) is 4.79 Å². The van der Waals surface area contributed by atoms with Gasteiger partial charge in [0.05, 0.1) is 5.88 Å². The molecule has 6 nitrogen and oxygen atoms in total. The zero-order valence-corrected chi connectivity index (χ0v) is 12.7. The van der Waals surface area contributed by atoms with E-state index in [1.54, 1.807) is 4.90 Å². The zero-order chi connectivity index (χ0) is 15.1. The Morgan fingerprint density at radius 2 is 2.05 bits per heavy atom. The molecule has 1 aliphatic heterocycles. The summed E-state index contributed by atoms with van der Waals surface area (Å²) in [5, 5.41) is 11.6. The lowest BCUT2D eigenvalue weighted by Gasteiger charge is -2.24. The lowest BCUT2D eigenvalue weighted by Crippen LogP contribution is -2.51. The molecule has 1 aliphatic rings. The summed E-state index contributed by atoms with van der Waals surface area (Å²) in [6.45, 7) is 3.78. The average Bonchev–Trinajstić information content (AvgIpc) is 2.87. The van der Waals surface area contributed by atoms with Crippen molar-refractivity contribution in [3.8, 4) is 0 Å². The van der Waals surface area contributed by atoms with Crippen LogP contribution in [-0.4, -0.2) is 51.5 Å². The molecule has 0 saturated carbocycles. The van der Waals surface area contributed by atoms with Crippen molar-refractivity contribution in [3.63, 3.8) is 0 Å². The topological polar surface area (TPSA) is 86.7 Å². The van der Waals surface area contributed by atoms with Crippen molar-refractivity contribution in [3.05, 3.63) is 0 Å². The molecule has 20 heavy (non-hydrogen) atoms. The minimum atomic E-state index is -1.03. The van der Waals surface area contributed by atoms with Gasteiger partial charge in [-0.1, -0.05) is 20.3 Å². The summed E-state index contributed by atoms with van der Waals surface area (Å²) in [6, 6.07) is -1.42. The summed E-state index contributed by atoms with van der Waals surface area (Å²) < 4.78 is 0. The van der Waals surface area contributed by atoms with Crippen LogP contribution in [0.3, 0.4) is 0 Å². The van der Waals surface area contributed by atoms with Crippen LogP contribution in [0, 0.1) is 0 Å². The van der Waals surface area contributed by atoms with Gasteiger partial charge >= 0.3 is 5.97 Å². The molecule has 0 bridgehead atoms. The highest BCUT2D eigenvalue weighted by Crippen LogP contribution is 2.22. The Kier molecular flexibility index (Phi) is 6.84. The van der Waals surface area contributed by atoms with Gasteiger partial charge in [-0.05, 0) is 12.8 Å². The average molecular weight is 302 g/mol. The molecule has 7 heteroatoms. The first-order valence-corrected chi connectivity index (χ1v) is 8.07. The predicted molar refractivity (Wildman–Crippen MR) is 77.3 cm³/mol. The van der Waals surface area contributed by atoms with E-state index in [-0.39, 0.29) is 11.8 Å². The van der Waals surface area contributed by atoms with Crippen molar-refractivity contribution in [2.45, 2.75) is 51.6 Å². The van der Waals surface area contributed by atoms with Crippen molar-refractivity contribution < 1.29 is 19.5 Å². The quantitative estimate of drug-likeness (QED) is 0.734. The maximum absolute atomic E-state index is 12.2. The molecule has 114 valence electrons. The number of carboxylic acid groups (broad SMARTS) is 1. The Morgan fingerprint density at radius 1 is 1.35 bits per heavy atom. The Hall–Kier alpha value is -1.24. The normalized spacial score (nSPS) is 19.7. The molecule has 2 unspecified atom stereocenters. The molecule has 2 atom stereocenters. The van der Waals surface area contributed by atoms with Gasteiger partial charge in [0.1, 0.15) is 12.1 Å². The maximum atomic E-state index is 12.2. The number of aliphatic carboxylic acids is 1. The minimum absolute atomic E-state index is 0.0417. The maximum Gasteiger partial charge on any atom is 0.326 e. The number of amides is 2. The van der Waals surface area contributed by atoms with E-state index in [4.69, 9.17) is 5.11 Å². The number of thioether (sulfide) groups is 1. The molecular formula is C13H22N2O4S. The first-order chi connectivity index (χ1) is 9.51. The van der Waals surface area contributed by atoms with E-state index in [1.807, 2.05) is 13.8 Å². The van der Waals surface area contributed by atoms with Gasteiger partial charge in [-0.15, -0.1) is 11.8 Å². The highest BCUT2D eigenvalue weighted by atomic mass is 32.2. The van der Waals surface area contributed by atoms with Gasteiger partial charge in [0.15, 0.2) is 0 Å². The van der Waals surface area contributed by atoms with Gasteiger partial charge in [-0.3, -0.25) is 9.59 Å². The highest BCUT2D eigenvalue weighted by Gasteiger charge is 2.35. The van der Waals surface area contributed by atoms with Crippen LogP contribution in [0.5, 0.6) is 0 Å². The number of nitrogens with zero attached hydrogens (tertiary/aromatic N) is 1. The molecule has 2 amide bonds. The van der Waals surface area contributed by atoms with E-state index >= 15 is 0 Å². The Morgan fingerprint density at radius 3 is 2.60 bits per heavy atom. The van der Waals surface area contributed by atoms with E-state index in [2.05, 4.69) is 5.32 Å². The van der Waals surface area contributed by atoms with Crippen LogP contribution in [0.15, 0.2) is 0 Å². The standard InChI is InChI=1S/C13H22N2O4S/c1-3-5-9(13(18)19)14-12(17)10-7-20-8-15(10)11(16)6-4-2/h9-10H,3-8H2,1-2H3,(H,14,17)(H,18,19). The van der Waals surface area contributed by atoms with Crippen LogP contribution in [0.25, 0.3) is 0 Å². The number of rotatable bonds is 7. The third-order valence-electron chi connectivity index (χ3n) is 3.16. The third-order valence-corrected chi connectivity index (χ3v) is 4.17. The SMILES string of the molecule is CCCC(=O)N1CSCC1C(=O)NC(CCC)C(=O)O. The van der Waals surface area contributed by atoms with E-state index < -0.39 is 18.1 Å². The van der Waals surface area contributed by atoms with Crippen LogP contribution >= 0.6 is 11.8 Å². The number of carbonyl (C=O) groups is 3. The summed E-state index contributed by atoms with van der Waals surface area (Å²) in [5.41, 5.74) is 0. The smallest absolute Gasteiger partial charge is 0.326 e. The lowest BCUT2D eigenvalue weighted by atomic mass is 10.1. The molecule has 0 aliphatic carbocycles. The van der Waals surface area contributed by atoms with Crippen LogP contribution in [0.4, 0.5) is 0 Å². The number of hydrogen-bond acceptors (Lipinski definition) is 4. The lowest BCUT2D eigenvalue weighted by molar-refractivity contribution is -0.143. The van der Waals surface area contributed by atoms with Crippen molar-refractivity contribution in [2.24, 2.45) is 0 Å². The highest BCUT2D eigenvalue weighted by molar-refractivity contribution is 7.99. The predicted octanol–water partition coefficient (Wildman–Crippen LogP) is 1.06. The molecular weight excluding hydrogens is 280 g/mol. The molecule has 0 aromatic rings. The minimum Gasteiger partial charge on any atom is -0.480 e. The Bertz CT molecular complexity index is 375. The Balaban J connectivity index is 2.65. The van der Waals surface area contributed by atoms with Gasteiger partial charge in [0.2, 0.25) is 11.8 Å². The second-order valence-corrected chi connectivity index (χ2v) is 5.82. The second-order valence-electron chi connectivity index (χ2n) is 4.82. The van der Waals surface area contributed by atoms with Gasteiger partial charge in [0.25, 0.3) is 0 Å². The molecule has 1 saturated heterocycles. The summed E-state index contributed by atoms with van der Waals surface area (Å²) in [4.78, 5) is 36.7. The second kappa shape index (κ2) is 8.14. The van der Waals surface area contributed by atoms with Crippen LogP contribution in [0.2, 0.25) is 0 Å². The number of carboxylic acids is 1. The third kappa shape index (κ3) is 4.40. The largest absolute Gasteiger partial charge is 0.480 e. The molecule has 0 aromatic carbocycles. The Labute approximate surface area is 123 Å². The van der Waals surface area contributed by atoms with E-state index in [9.17, 15) is 14.4 Å². The van der Waals surface area contributed by atoms with Crippen LogP contribution in [-0.2, 0) is 14.4 Å². The fourth-order valence-corrected chi connectivity index (χ4v) is 3.26. The molecule has 2 N–H and O–H groups in total. The fraction of sp³-hybridized carbons (Fsp3) is 0.769. The molecule has 1 fully saturated rings. The van der Waals surface area contributed by atoms with Crippen molar-refractivity contribution >= 4 is 29.5 Å². The zero-order valence-electron chi connectivity index (χ0n) is 11.9. The molecule has 0 aromatic heterocycles. The summed E-state index contributed by atoms with van der Waals surface area (Å²) >= 11 is 1.52. The number of carbonyl (C=O) groups excluding carboxylic acids is 2. The first kappa shape index (κ1) is 16.8. The van der Waals surface area contributed by atoms with Gasteiger partial charge < -0.3 is 15.3 Å². The van der Waals surface area contributed by atoms with Gasteiger partial charge in [0, 0.05) is 12.2 Å². The fourth-order valence-electron chi connectivity index (χ4n) is 2.08. The van der Waals surface area contributed by atoms with E-state index in [0.717, 1.165) is 6.42 Å². The molecule has 1 rings (SSSR count). The van der Waals surface area contributed by atoms with E-state index in [0.29, 0.717) is 30.9 Å². The molecule has 0 radical (unpaired) electrons. The number of hydrogen-bond donors (Lipinski definition) is 2. The summed E-state index contributed by atoms with van der Waals surface area (Å²) in [7, 11) is 0. The van der Waals surface area contributed by atoms with Crippen molar-refractivity contribution in [2.75, 3.05) is 11.6 Å². The van der Waals surface area contributed by atoms with Crippen LogP contribution < -0.4 is 5.32 Å². The first-order valence-electron chi connectivity index (χ1n) is 6.91. The summed E-state index contributed by atoms with van der Waals surface area (Å²) in [6.07, 6.45) is 2.22. The van der Waals surface area contributed by atoms with E-state index in [1.165, 1.54) is 11.8 Å². The molecule has 0 spiro atoms. The van der Waals surface area contributed by atoms with Gasteiger partial charge in [-0.2, -0.15) is 0 Å². The molecule has 1 heterocycles. The van der Waals surface area contributed by atoms with Crippen molar-refractivity contribution in [1.82, 2.24) is 10.2 Å². The number of nitrogens with one attached hydrogen (secondary N) is 1. The van der Waals surface area contributed by atoms with Crippen LogP contribution in [0.1, 0.15) is 39.5 Å². The monoisotopic (exact) mass is 302 g/mol. The summed E-state index contributed by atoms with van der Waals surface area (Å²) in [5.74, 6) is -0.403.